The summed E-state index contributed by atoms with van der Waals surface area (Å²) in [4.78, 5) is 35.6. The zero-order valence-corrected chi connectivity index (χ0v) is 18.2. The summed E-state index contributed by atoms with van der Waals surface area (Å²) in [5, 5.41) is 4.73. The second-order valence-corrected chi connectivity index (χ2v) is 7.95. The molecular weight excluding hydrogens is 396 g/mol. The van der Waals surface area contributed by atoms with Crippen LogP contribution in [0, 0.1) is 0 Å². The number of carbonyl (C=O) groups excluding carboxylic acids is 3. The molecule has 0 spiro atoms. The number of hydrogen-bond acceptors (Lipinski definition) is 5. The van der Waals surface area contributed by atoms with E-state index in [0.29, 0.717) is 12.4 Å². The second-order valence-electron chi connectivity index (χ2n) is 7.95. The van der Waals surface area contributed by atoms with Gasteiger partial charge in [0, 0.05) is 11.6 Å². The van der Waals surface area contributed by atoms with Gasteiger partial charge in [-0.15, -0.1) is 0 Å². The van der Waals surface area contributed by atoms with Crippen molar-refractivity contribution in [2.45, 2.75) is 45.9 Å². The van der Waals surface area contributed by atoms with Gasteiger partial charge in [-0.25, -0.2) is 9.59 Å². The smallest absolute Gasteiger partial charge is 0.331 e. The number of amides is 3. The summed E-state index contributed by atoms with van der Waals surface area (Å²) >= 11 is 0. The molecule has 1 atom stereocenters. The molecular formula is C24H28N2O5. The SMILES string of the molecule is CC(OC(=O)C=Cc1ccc(OCc2ccccc2)cc1)C(=O)NC(=O)NC(C)(C)C. The Morgan fingerprint density at radius 1 is 1.00 bits per heavy atom. The number of urea groups is 1. The van der Waals surface area contributed by atoms with Crippen molar-refractivity contribution >= 4 is 24.0 Å². The molecule has 164 valence electrons. The van der Waals surface area contributed by atoms with Crippen molar-refractivity contribution in [3.05, 3.63) is 71.8 Å². The predicted octanol–water partition coefficient (Wildman–Crippen LogP) is 3.83. The van der Waals surface area contributed by atoms with Gasteiger partial charge >= 0.3 is 12.0 Å². The molecule has 2 aromatic rings. The van der Waals surface area contributed by atoms with E-state index in [2.05, 4.69) is 10.6 Å². The lowest BCUT2D eigenvalue weighted by Crippen LogP contribution is -2.50. The van der Waals surface area contributed by atoms with Crippen LogP contribution in [0.25, 0.3) is 6.08 Å². The third-order valence-electron chi connectivity index (χ3n) is 3.93. The lowest BCUT2D eigenvalue weighted by atomic mass is 10.1. The Bertz CT molecular complexity index is 915. The highest BCUT2D eigenvalue weighted by molar-refractivity contribution is 5.98. The lowest BCUT2D eigenvalue weighted by molar-refractivity contribution is -0.149. The van der Waals surface area contributed by atoms with Gasteiger partial charge in [-0.3, -0.25) is 10.1 Å². The van der Waals surface area contributed by atoms with Crippen molar-refractivity contribution in [3.63, 3.8) is 0 Å². The van der Waals surface area contributed by atoms with E-state index in [-0.39, 0.29) is 0 Å². The Labute approximate surface area is 182 Å². The van der Waals surface area contributed by atoms with Crippen LogP contribution in [0.3, 0.4) is 0 Å². The van der Waals surface area contributed by atoms with Gasteiger partial charge in [0.15, 0.2) is 6.10 Å². The highest BCUT2D eigenvalue weighted by Gasteiger charge is 2.21. The second kappa shape index (κ2) is 11.0. The molecule has 0 heterocycles. The Balaban J connectivity index is 1.79. The molecule has 0 radical (unpaired) electrons. The van der Waals surface area contributed by atoms with Gasteiger partial charge < -0.3 is 14.8 Å². The molecule has 0 aliphatic heterocycles. The quantitative estimate of drug-likeness (QED) is 0.520. The van der Waals surface area contributed by atoms with Crippen molar-refractivity contribution in [1.82, 2.24) is 10.6 Å². The molecule has 0 bridgehead atoms. The summed E-state index contributed by atoms with van der Waals surface area (Å²) in [6, 6.07) is 16.4. The highest BCUT2D eigenvalue weighted by Crippen LogP contribution is 2.15. The molecule has 1 unspecified atom stereocenters. The average Bonchev–Trinajstić information content (AvgIpc) is 2.70. The molecule has 2 N–H and O–H groups in total. The standard InChI is InChI=1S/C24H28N2O5/c1-17(22(28)25-23(29)26-24(2,3)4)31-21(27)15-12-18-10-13-20(14-11-18)30-16-19-8-6-5-7-9-19/h5-15,17H,16H2,1-4H3,(H2,25,26,28,29). The van der Waals surface area contributed by atoms with E-state index < -0.39 is 29.6 Å². The Morgan fingerprint density at radius 3 is 2.26 bits per heavy atom. The first-order valence-electron chi connectivity index (χ1n) is 9.91. The maximum absolute atomic E-state index is 12.0. The maximum Gasteiger partial charge on any atom is 0.331 e. The molecule has 0 fully saturated rings. The monoisotopic (exact) mass is 424 g/mol. The van der Waals surface area contributed by atoms with E-state index in [1.807, 2.05) is 30.3 Å². The number of rotatable bonds is 7. The molecule has 0 aliphatic rings. The summed E-state index contributed by atoms with van der Waals surface area (Å²) in [5.74, 6) is -0.686. The zero-order chi connectivity index (χ0) is 22.9. The maximum atomic E-state index is 12.0. The molecule has 31 heavy (non-hydrogen) atoms. The average molecular weight is 424 g/mol. The first-order chi connectivity index (χ1) is 14.6. The number of hydrogen-bond donors (Lipinski definition) is 2. The van der Waals surface area contributed by atoms with E-state index in [4.69, 9.17) is 9.47 Å². The number of carbonyl (C=O) groups is 3. The molecule has 2 aromatic carbocycles. The molecule has 0 aromatic heterocycles. The first-order valence-corrected chi connectivity index (χ1v) is 9.91. The van der Waals surface area contributed by atoms with E-state index in [1.54, 1.807) is 51.1 Å². The molecule has 2 rings (SSSR count). The van der Waals surface area contributed by atoms with Crippen molar-refractivity contribution < 1.29 is 23.9 Å². The van der Waals surface area contributed by atoms with E-state index >= 15 is 0 Å². The molecule has 7 nitrogen and oxygen atoms in total. The Kier molecular flexibility index (Phi) is 8.37. The summed E-state index contributed by atoms with van der Waals surface area (Å²) < 4.78 is 10.8. The van der Waals surface area contributed by atoms with Crippen LogP contribution >= 0.6 is 0 Å². The van der Waals surface area contributed by atoms with Gasteiger partial charge in [-0.05, 0) is 57.0 Å². The molecule has 7 heteroatoms. The fourth-order valence-electron chi connectivity index (χ4n) is 2.43. The van der Waals surface area contributed by atoms with Crippen molar-refractivity contribution in [2.75, 3.05) is 0 Å². The van der Waals surface area contributed by atoms with Gasteiger partial charge in [0.05, 0.1) is 0 Å². The minimum Gasteiger partial charge on any atom is -0.489 e. The van der Waals surface area contributed by atoms with Crippen LogP contribution < -0.4 is 15.4 Å². The molecule has 0 aliphatic carbocycles. The summed E-state index contributed by atoms with van der Waals surface area (Å²) in [5.41, 5.74) is 1.35. The summed E-state index contributed by atoms with van der Waals surface area (Å²) in [6.45, 7) is 7.22. The van der Waals surface area contributed by atoms with Crippen LogP contribution in [0.15, 0.2) is 60.7 Å². The van der Waals surface area contributed by atoms with Gasteiger partial charge in [0.25, 0.3) is 5.91 Å². The molecule has 0 saturated carbocycles. The normalized spacial score (nSPS) is 12.1. The van der Waals surface area contributed by atoms with Crippen LogP contribution in [-0.2, 0) is 20.9 Å². The van der Waals surface area contributed by atoms with Gasteiger partial charge in [0.1, 0.15) is 12.4 Å². The van der Waals surface area contributed by atoms with Crippen LogP contribution in [0.2, 0.25) is 0 Å². The highest BCUT2D eigenvalue weighted by atomic mass is 16.5. The minimum absolute atomic E-state index is 0.468. The fraction of sp³-hybridized carbons (Fsp3) is 0.292. The Morgan fingerprint density at radius 2 is 1.65 bits per heavy atom. The molecule has 0 saturated heterocycles. The fourth-order valence-corrected chi connectivity index (χ4v) is 2.43. The summed E-state index contributed by atoms with van der Waals surface area (Å²) in [7, 11) is 0. The van der Waals surface area contributed by atoms with Crippen molar-refractivity contribution in [3.8, 4) is 5.75 Å². The third kappa shape index (κ3) is 9.16. The van der Waals surface area contributed by atoms with Crippen molar-refractivity contribution in [1.29, 1.82) is 0 Å². The first kappa shape index (κ1) is 23.7. The number of benzene rings is 2. The van der Waals surface area contributed by atoms with Gasteiger partial charge in [-0.2, -0.15) is 0 Å². The van der Waals surface area contributed by atoms with Gasteiger partial charge in [0.2, 0.25) is 0 Å². The van der Waals surface area contributed by atoms with Gasteiger partial charge in [-0.1, -0.05) is 42.5 Å². The van der Waals surface area contributed by atoms with Crippen molar-refractivity contribution in [2.24, 2.45) is 0 Å². The predicted molar refractivity (Wildman–Crippen MR) is 118 cm³/mol. The minimum atomic E-state index is -1.11. The number of nitrogens with one attached hydrogen (secondary N) is 2. The summed E-state index contributed by atoms with van der Waals surface area (Å²) in [6.07, 6.45) is 1.68. The topological polar surface area (TPSA) is 93.7 Å². The number of ether oxygens (including phenoxy) is 2. The largest absolute Gasteiger partial charge is 0.489 e. The van der Waals surface area contributed by atoms with Crippen LogP contribution in [0.1, 0.15) is 38.8 Å². The van der Waals surface area contributed by atoms with E-state index in [0.717, 1.165) is 11.1 Å². The Hall–Kier alpha value is -3.61. The van der Waals surface area contributed by atoms with E-state index in [1.165, 1.54) is 13.0 Å². The number of imide groups is 1. The van der Waals surface area contributed by atoms with Crippen LogP contribution in [0.4, 0.5) is 4.79 Å². The third-order valence-corrected chi connectivity index (χ3v) is 3.93. The number of esters is 1. The zero-order valence-electron chi connectivity index (χ0n) is 18.2. The van der Waals surface area contributed by atoms with E-state index in [9.17, 15) is 14.4 Å². The molecule has 3 amide bonds. The van der Waals surface area contributed by atoms with Crippen LogP contribution in [0.5, 0.6) is 5.75 Å². The lowest BCUT2D eigenvalue weighted by Gasteiger charge is -2.21. The van der Waals surface area contributed by atoms with Crippen LogP contribution in [-0.4, -0.2) is 29.6 Å².